The second kappa shape index (κ2) is 9.51. The highest BCUT2D eigenvalue weighted by molar-refractivity contribution is 8.00. The third-order valence-corrected chi connectivity index (χ3v) is 8.00. The van der Waals surface area contributed by atoms with Gasteiger partial charge in [-0.3, -0.25) is 14.5 Å². The van der Waals surface area contributed by atoms with Gasteiger partial charge in [0.15, 0.2) is 10.8 Å². The summed E-state index contributed by atoms with van der Waals surface area (Å²) in [6.45, 7) is 3.58. The van der Waals surface area contributed by atoms with Gasteiger partial charge in [0.05, 0.1) is 24.8 Å². The highest BCUT2D eigenvalue weighted by Crippen LogP contribution is 2.40. The minimum atomic E-state index is -1.46. The van der Waals surface area contributed by atoms with Crippen LogP contribution in [0.15, 0.2) is 21.8 Å². The number of nitrogen functional groups attached to an aromatic ring is 1. The van der Waals surface area contributed by atoms with Crippen molar-refractivity contribution in [1.29, 1.82) is 0 Å². The first-order chi connectivity index (χ1) is 17.3. The van der Waals surface area contributed by atoms with Crippen LogP contribution in [0.4, 0.5) is 5.13 Å². The monoisotopic (exact) mass is 534 g/mol. The van der Waals surface area contributed by atoms with Crippen molar-refractivity contribution in [2.75, 3.05) is 25.2 Å². The maximum Gasteiger partial charge on any atom is 0.276 e. The van der Waals surface area contributed by atoms with E-state index in [9.17, 15) is 19.5 Å². The van der Waals surface area contributed by atoms with Gasteiger partial charge in [-0.25, -0.2) is 9.55 Å². The quantitative estimate of drug-likeness (QED) is 0.167. The number of aliphatic carboxylic acids is 1. The predicted molar refractivity (Wildman–Crippen MR) is 124 cm³/mol. The molecule has 0 radical (unpaired) electrons. The van der Waals surface area contributed by atoms with Crippen LogP contribution in [0.3, 0.4) is 0 Å². The molecule has 2 amide bonds. The molecule has 0 saturated carbocycles. The van der Waals surface area contributed by atoms with E-state index in [4.69, 9.17) is 15.3 Å². The molecule has 0 spiro atoms. The normalized spacial score (nSPS) is 21.6. The summed E-state index contributed by atoms with van der Waals surface area (Å²) in [6, 6.07) is -0.955. The van der Waals surface area contributed by atoms with Gasteiger partial charge in [-0.2, -0.15) is 0 Å². The van der Waals surface area contributed by atoms with Crippen molar-refractivity contribution < 1.29 is 33.6 Å². The molecule has 3 aliphatic heterocycles. The summed E-state index contributed by atoms with van der Waals surface area (Å²) in [5.74, 6) is -0.853. The predicted octanol–water partition coefficient (Wildman–Crippen LogP) is -2.50. The summed E-state index contributed by atoms with van der Waals surface area (Å²) < 4.78 is 9.26. The minimum absolute atomic E-state index is 0.144. The molecule has 3 N–H and O–H groups in total. The molecule has 0 bridgehead atoms. The van der Waals surface area contributed by atoms with Crippen LogP contribution in [0, 0.1) is 6.92 Å². The summed E-state index contributed by atoms with van der Waals surface area (Å²) in [5.41, 5.74) is 6.04. The number of amides is 2. The molecule has 0 aliphatic carbocycles. The third-order valence-electron chi connectivity index (χ3n) is 5.98. The van der Waals surface area contributed by atoms with E-state index in [1.54, 1.807) is 5.38 Å². The molecule has 2 aromatic heterocycles. The number of hydrogen-bond acceptors (Lipinski definition) is 12. The maximum absolute atomic E-state index is 13.0. The number of rotatable bonds is 7. The van der Waals surface area contributed by atoms with Gasteiger partial charge in [0, 0.05) is 23.2 Å². The third kappa shape index (κ3) is 4.10. The number of anilines is 1. The van der Waals surface area contributed by atoms with E-state index in [1.807, 2.05) is 16.2 Å². The second-order valence-corrected chi connectivity index (χ2v) is 10.1. The zero-order chi connectivity index (χ0) is 25.6. The fourth-order valence-electron chi connectivity index (χ4n) is 4.35. The smallest absolute Gasteiger partial charge is 0.276 e. The maximum atomic E-state index is 13.0. The summed E-state index contributed by atoms with van der Waals surface area (Å²) >= 11 is 2.48. The van der Waals surface area contributed by atoms with E-state index < -0.39 is 29.2 Å². The lowest BCUT2D eigenvalue weighted by molar-refractivity contribution is -0.705. The van der Waals surface area contributed by atoms with Crippen LogP contribution in [0.1, 0.15) is 17.3 Å². The Morgan fingerprint density at radius 1 is 1.47 bits per heavy atom. The Hall–Kier alpha value is -3.50. The Morgan fingerprint density at radius 3 is 2.97 bits per heavy atom. The topological polar surface area (TPSA) is 181 Å². The number of fused-ring (bicyclic) bond motifs is 2. The average Bonchev–Trinajstić information content (AvgIpc) is 3.42. The molecule has 5 heterocycles. The molecule has 0 unspecified atom stereocenters. The Labute approximate surface area is 212 Å². The lowest BCUT2D eigenvalue weighted by Crippen LogP contribution is -2.71. The molecule has 3 aliphatic rings. The van der Waals surface area contributed by atoms with E-state index >= 15 is 0 Å². The largest absolute Gasteiger partial charge is 0.543 e. The number of nitrogens with zero attached hydrogens (tertiary/aromatic N) is 6. The minimum Gasteiger partial charge on any atom is -0.543 e. The van der Waals surface area contributed by atoms with Gasteiger partial charge in [-0.05, 0) is 5.57 Å². The summed E-state index contributed by atoms with van der Waals surface area (Å²) in [6.07, 6.45) is 0. The van der Waals surface area contributed by atoms with E-state index in [2.05, 4.69) is 20.6 Å². The highest BCUT2D eigenvalue weighted by Gasteiger charge is 2.53. The van der Waals surface area contributed by atoms with Gasteiger partial charge >= 0.3 is 0 Å². The van der Waals surface area contributed by atoms with Gasteiger partial charge < -0.3 is 30.5 Å². The van der Waals surface area contributed by atoms with Crippen LogP contribution in [0.25, 0.3) is 0 Å². The number of thiazole rings is 1. The number of carboxylic acid groups (broad SMARTS) is 1. The first-order valence-electron chi connectivity index (χ1n) is 10.9. The Kier molecular flexibility index (Phi) is 6.40. The van der Waals surface area contributed by atoms with Crippen LogP contribution in [-0.2, 0) is 43.7 Å². The molecular weight excluding hydrogens is 512 g/mol. The second-order valence-electron chi connectivity index (χ2n) is 8.12. The molecule has 1 saturated heterocycles. The number of carboxylic acids is 1. The summed E-state index contributed by atoms with van der Waals surface area (Å²) in [7, 11) is 1.28. The van der Waals surface area contributed by atoms with E-state index in [1.165, 1.54) is 23.8 Å². The van der Waals surface area contributed by atoms with Crippen LogP contribution in [0.2, 0.25) is 0 Å². The molecule has 5 rings (SSSR count). The molecule has 190 valence electrons. The Bertz CT molecular complexity index is 1320. The molecular formula is C20H22N8O6S2. The molecule has 0 aromatic carbocycles. The molecule has 36 heavy (non-hydrogen) atoms. The van der Waals surface area contributed by atoms with Crippen molar-refractivity contribution >= 4 is 51.7 Å². The Balaban J connectivity index is 1.37. The molecule has 2 atom stereocenters. The number of aryl methyl sites for hydroxylation is 1. The van der Waals surface area contributed by atoms with Crippen molar-refractivity contribution in [3.63, 3.8) is 0 Å². The number of aromatic nitrogens is 4. The van der Waals surface area contributed by atoms with Gasteiger partial charge in [-0.1, -0.05) is 5.16 Å². The van der Waals surface area contributed by atoms with Crippen LogP contribution in [0.5, 0.6) is 0 Å². The first kappa shape index (κ1) is 24.2. The van der Waals surface area contributed by atoms with Gasteiger partial charge in [0.2, 0.25) is 0 Å². The van der Waals surface area contributed by atoms with E-state index in [0.29, 0.717) is 36.9 Å². The standard InChI is InChI=1S/C20H22N8O6S2/c1-9-24-27-3-4-34-6-12(27)26(9)5-10-7-35-18-14(17(30)28(18)15(10)19(31)32)23-16(29)13(25-33-2)11-8-36-20(21)22-11/h8,14,18H,3-7H2,1-2H3,(H3-,21,22,23,29,31,32)/b25-13-/t14-,18-/m1/s1. The fourth-order valence-corrected chi connectivity index (χ4v) is 6.23. The van der Waals surface area contributed by atoms with Crippen molar-refractivity contribution in [3.8, 4) is 0 Å². The lowest BCUT2D eigenvalue weighted by atomic mass is 10.0. The van der Waals surface area contributed by atoms with Crippen LogP contribution >= 0.6 is 23.1 Å². The number of hydrogen-bond donors (Lipinski definition) is 2. The van der Waals surface area contributed by atoms with Gasteiger partial charge in [0.25, 0.3) is 23.5 Å². The number of thioether (sulfide) groups is 1. The van der Waals surface area contributed by atoms with Crippen molar-refractivity contribution in [1.82, 2.24) is 25.0 Å². The summed E-state index contributed by atoms with van der Waals surface area (Å²) in [5, 5.41) is 24.1. The Morgan fingerprint density at radius 2 is 2.28 bits per heavy atom. The molecule has 14 nitrogen and oxygen atoms in total. The molecule has 1 fully saturated rings. The van der Waals surface area contributed by atoms with Crippen LogP contribution in [-0.4, -0.2) is 74.0 Å². The summed E-state index contributed by atoms with van der Waals surface area (Å²) in [4.78, 5) is 48.0. The lowest BCUT2D eigenvalue weighted by Gasteiger charge is -2.50. The van der Waals surface area contributed by atoms with Crippen LogP contribution < -0.4 is 20.7 Å². The highest BCUT2D eigenvalue weighted by atomic mass is 32.2. The van der Waals surface area contributed by atoms with Crippen molar-refractivity contribution in [2.45, 2.75) is 38.0 Å². The van der Waals surface area contributed by atoms with Crippen molar-refractivity contribution in [2.24, 2.45) is 5.16 Å². The number of nitrogens with two attached hydrogens (primary N) is 1. The van der Waals surface area contributed by atoms with E-state index in [0.717, 1.165) is 17.2 Å². The number of carbonyl (C=O) groups is 3. The molecule has 2 aromatic rings. The SMILES string of the molecule is CO/N=C(\C(=O)N[C@@H]1C(=O)N2C(C(=O)[O-])=C(C[n+]3c(C)nn4c3COCC4)CS[C@H]12)c1csc(N)n1. The number of oxime groups is 1. The van der Waals surface area contributed by atoms with Gasteiger partial charge in [-0.15, -0.1) is 27.8 Å². The number of ether oxygens (including phenoxy) is 1. The van der Waals surface area contributed by atoms with Gasteiger partial charge in [0.1, 0.15) is 37.4 Å². The number of carbonyl (C=O) groups excluding carboxylic acids is 3. The number of β-lactam (4-membered cyclic amide) rings is 1. The fraction of sp³-hybridized carbons (Fsp3) is 0.450. The van der Waals surface area contributed by atoms with E-state index in [-0.39, 0.29) is 28.8 Å². The zero-order valence-electron chi connectivity index (χ0n) is 19.3. The zero-order valence-corrected chi connectivity index (χ0v) is 20.9. The number of nitrogens with one attached hydrogen (secondary N) is 1. The molecule has 16 heteroatoms. The first-order valence-corrected chi connectivity index (χ1v) is 12.8. The van der Waals surface area contributed by atoms with Crippen molar-refractivity contribution in [3.05, 3.63) is 34.0 Å². The average molecular weight is 535 g/mol.